The minimum absolute atomic E-state index is 0.109. The zero-order chi connectivity index (χ0) is 59.9. The Kier molecular flexibility index (Phi) is 65.4. The van der Waals surface area contributed by atoms with Gasteiger partial charge in [0.25, 0.3) is 0 Å². The molecule has 0 bridgehead atoms. The van der Waals surface area contributed by atoms with Crippen LogP contribution in [0.15, 0.2) is 158 Å². The van der Waals surface area contributed by atoms with Crippen molar-refractivity contribution in [1.82, 2.24) is 0 Å². The van der Waals surface area contributed by atoms with Crippen LogP contribution in [-0.2, 0) is 28.6 Å². The van der Waals surface area contributed by atoms with Crippen LogP contribution in [0.3, 0.4) is 0 Å². The Morgan fingerprint density at radius 1 is 0.253 bits per heavy atom. The molecule has 83 heavy (non-hydrogen) atoms. The van der Waals surface area contributed by atoms with Crippen LogP contribution in [0.5, 0.6) is 0 Å². The Morgan fingerprint density at radius 3 is 0.771 bits per heavy atom. The number of allylic oxidation sites excluding steroid dienone is 26. The lowest BCUT2D eigenvalue weighted by atomic mass is 10.0. The van der Waals surface area contributed by atoms with Gasteiger partial charge in [-0.15, -0.1) is 0 Å². The zero-order valence-electron chi connectivity index (χ0n) is 53.7. The highest BCUT2D eigenvalue weighted by molar-refractivity contribution is 5.71. The van der Waals surface area contributed by atoms with Crippen molar-refractivity contribution >= 4 is 17.9 Å². The molecule has 0 saturated carbocycles. The molecule has 0 N–H and O–H groups in total. The third-order valence-electron chi connectivity index (χ3n) is 14.0. The van der Waals surface area contributed by atoms with E-state index in [-0.39, 0.29) is 37.5 Å². The highest BCUT2D eigenvalue weighted by atomic mass is 16.6. The maximum atomic E-state index is 12.9. The third kappa shape index (κ3) is 67.7. The standard InChI is InChI=1S/C77H124O6/c1-4-7-10-13-16-19-22-25-28-31-32-33-34-35-36-37-38-39-40-41-42-43-44-47-49-52-55-58-61-64-67-70-76(79)82-73-74(83-77(80)71-68-65-62-59-56-53-50-46-30-27-24-21-18-15-12-9-6-3)72-81-75(78)69-66-63-60-57-54-51-48-45-29-26-23-20-17-14-11-8-5-2/h7,9-10,12,16-21,25-30,32-33,35-36,38-39,50,53,59,62,74H,4-6,8,11,13-15,22-24,31,34,37,40-49,51-52,54-58,60-61,63-73H2,1-3H3/b10-7-,12-9-,19-16-,20-17-,21-18-,28-25-,29-26-,30-27-,33-32-,36-35-,39-38-,53-50-,62-59-. The molecule has 0 heterocycles. The molecule has 0 saturated heterocycles. The Bertz CT molecular complexity index is 1840. The maximum Gasteiger partial charge on any atom is 0.306 e. The first-order valence-electron chi connectivity index (χ1n) is 34.0. The molecule has 0 radical (unpaired) electrons. The van der Waals surface area contributed by atoms with E-state index in [0.29, 0.717) is 19.3 Å². The molecule has 0 aromatic heterocycles. The number of carbonyl (C=O) groups excluding carboxylic acids is 3. The molecular weight excluding hydrogens is 1020 g/mol. The van der Waals surface area contributed by atoms with Gasteiger partial charge in [0, 0.05) is 19.3 Å². The van der Waals surface area contributed by atoms with Gasteiger partial charge in [-0.25, -0.2) is 0 Å². The summed E-state index contributed by atoms with van der Waals surface area (Å²) >= 11 is 0. The second-order valence-electron chi connectivity index (χ2n) is 22.0. The Morgan fingerprint density at radius 2 is 0.482 bits per heavy atom. The van der Waals surface area contributed by atoms with Crippen LogP contribution in [0.1, 0.15) is 290 Å². The molecule has 0 rings (SSSR count). The van der Waals surface area contributed by atoms with E-state index >= 15 is 0 Å². The van der Waals surface area contributed by atoms with E-state index in [1.165, 1.54) is 116 Å². The van der Waals surface area contributed by atoms with Crippen LogP contribution in [0, 0.1) is 0 Å². The molecule has 0 aliphatic rings. The lowest BCUT2D eigenvalue weighted by molar-refractivity contribution is -0.167. The van der Waals surface area contributed by atoms with Crippen LogP contribution in [0.4, 0.5) is 0 Å². The largest absolute Gasteiger partial charge is 0.462 e. The molecule has 1 unspecified atom stereocenters. The van der Waals surface area contributed by atoms with Gasteiger partial charge in [0.2, 0.25) is 0 Å². The maximum absolute atomic E-state index is 12.9. The van der Waals surface area contributed by atoms with Gasteiger partial charge >= 0.3 is 17.9 Å². The predicted molar refractivity (Wildman–Crippen MR) is 362 cm³/mol. The fourth-order valence-corrected chi connectivity index (χ4v) is 8.98. The topological polar surface area (TPSA) is 78.9 Å². The summed E-state index contributed by atoms with van der Waals surface area (Å²) in [5.41, 5.74) is 0. The number of ether oxygens (including phenoxy) is 3. The smallest absolute Gasteiger partial charge is 0.306 e. The zero-order valence-corrected chi connectivity index (χ0v) is 53.7. The van der Waals surface area contributed by atoms with Crippen LogP contribution >= 0.6 is 0 Å². The second-order valence-corrected chi connectivity index (χ2v) is 22.0. The van der Waals surface area contributed by atoms with Gasteiger partial charge in [0.15, 0.2) is 6.10 Å². The van der Waals surface area contributed by atoms with Crippen molar-refractivity contribution in [2.24, 2.45) is 0 Å². The van der Waals surface area contributed by atoms with Gasteiger partial charge in [0.05, 0.1) is 0 Å². The predicted octanol–water partition coefficient (Wildman–Crippen LogP) is 23.7. The summed E-state index contributed by atoms with van der Waals surface area (Å²) in [6.45, 7) is 6.34. The van der Waals surface area contributed by atoms with E-state index < -0.39 is 6.10 Å². The van der Waals surface area contributed by atoms with Crippen molar-refractivity contribution in [2.75, 3.05) is 13.2 Å². The summed E-state index contributed by atoms with van der Waals surface area (Å²) in [5, 5.41) is 0. The molecule has 6 heteroatoms. The lowest BCUT2D eigenvalue weighted by Gasteiger charge is -2.18. The molecule has 0 aliphatic heterocycles. The van der Waals surface area contributed by atoms with E-state index in [2.05, 4.69) is 179 Å². The fourth-order valence-electron chi connectivity index (χ4n) is 8.98. The summed E-state index contributed by atoms with van der Waals surface area (Å²) < 4.78 is 16.9. The third-order valence-corrected chi connectivity index (χ3v) is 14.0. The normalized spacial score (nSPS) is 13.1. The van der Waals surface area contributed by atoms with Crippen molar-refractivity contribution < 1.29 is 28.6 Å². The van der Waals surface area contributed by atoms with Crippen molar-refractivity contribution in [3.63, 3.8) is 0 Å². The van der Waals surface area contributed by atoms with E-state index in [4.69, 9.17) is 14.2 Å². The number of carbonyl (C=O) groups is 3. The van der Waals surface area contributed by atoms with Crippen LogP contribution in [0.25, 0.3) is 0 Å². The van der Waals surface area contributed by atoms with Crippen molar-refractivity contribution in [2.45, 2.75) is 297 Å². The van der Waals surface area contributed by atoms with E-state index in [9.17, 15) is 14.4 Å². The quantitative estimate of drug-likeness (QED) is 0.0261. The van der Waals surface area contributed by atoms with Gasteiger partial charge in [0.1, 0.15) is 13.2 Å². The van der Waals surface area contributed by atoms with Gasteiger partial charge in [-0.3, -0.25) is 14.4 Å². The monoisotopic (exact) mass is 1140 g/mol. The summed E-state index contributed by atoms with van der Waals surface area (Å²) in [4.78, 5) is 38.4. The first kappa shape index (κ1) is 78.0. The SMILES string of the molecule is CC/C=C\C/C=C\C/C=C\C/C=C\C/C=C\C/C=C\CCCCCCCCCCCCCCC(=O)OCC(COC(=O)CCCCCCCCC/C=C\C/C=C\CCCCC)OC(=O)CCC/C=C\C/C=C\C/C=C\C/C=C\C/C=C\CC. The minimum atomic E-state index is -0.820. The van der Waals surface area contributed by atoms with Crippen molar-refractivity contribution in [3.05, 3.63) is 158 Å². The molecule has 0 spiro atoms. The first-order valence-corrected chi connectivity index (χ1v) is 34.0. The van der Waals surface area contributed by atoms with Crippen molar-refractivity contribution in [3.8, 4) is 0 Å². The minimum Gasteiger partial charge on any atom is -0.462 e. The first-order chi connectivity index (χ1) is 41.0. The average Bonchev–Trinajstić information content (AvgIpc) is 3.49. The average molecular weight is 1150 g/mol. The molecule has 0 aromatic rings. The van der Waals surface area contributed by atoms with E-state index in [1.807, 2.05) is 0 Å². The molecule has 0 aliphatic carbocycles. The van der Waals surface area contributed by atoms with E-state index in [1.54, 1.807) is 0 Å². The second kappa shape index (κ2) is 69.5. The number of hydrogen-bond acceptors (Lipinski definition) is 6. The summed E-state index contributed by atoms with van der Waals surface area (Å²) in [6, 6.07) is 0. The van der Waals surface area contributed by atoms with Gasteiger partial charge < -0.3 is 14.2 Å². The highest BCUT2D eigenvalue weighted by Gasteiger charge is 2.19. The van der Waals surface area contributed by atoms with Crippen LogP contribution in [-0.4, -0.2) is 37.2 Å². The summed E-state index contributed by atoms with van der Waals surface area (Å²) in [6.07, 6.45) is 101. The van der Waals surface area contributed by atoms with Gasteiger partial charge in [-0.05, 0) is 141 Å². The van der Waals surface area contributed by atoms with Gasteiger partial charge in [-0.1, -0.05) is 288 Å². The molecule has 1 atom stereocenters. The van der Waals surface area contributed by atoms with Crippen LogP contribution < -0.4 is 0 Å². The molecule has 0 fully saturated rings. The number of rotatable bonds is 60. The molecule has 0 amide bonds. The summed E-state index contributed by atoms with van der Waals surface area (Å²) in [5.74, 6) is -0.976. The summed E-state index contributed by atoms with van der Waals surface area (Å²) in [7, 11) is 0. The highest BCUT2D eigenvalue weighted by Crippen LogP contribution is 2.15. The fraction of sp³-hybridized carbons (Fsp3) is 0.623. The molecule has 468 valence electrons. The molecular formula is C77H124O6. The number of hydrogen-bond donors (Lipinski definition) is 0. The van der Waals surface area contributed by atoms with Crippen LogP contribution in [0.2, 0.25) is 0 Å². The van der Waals surface area contributed by atoms with E-state index in [0.717, 1.165) is 128 Å². The Balaban J connectivity index is 4.37. The van der Waals surface area contributed by atoms with Gasteiger partial charge in [-0.2, -0.15) is 0 Å². The Hall–Kier alpha value is -4.97. The lowest BCUT2D eigenvalue weighted by Crippen LogP contribution is -2.30. The number of esters is 3. The van der Waals surface area contributed by atoms with Crippen molar-refractivity contribution in [1.29, 1.82) is 0 Å². The molecule has 6 nitrogen and oxygen atoms in total. The molecule has 0 aromatic carbocycles. The Labute approximate surface area is 511 Å². The number of unbranched alkanes of at least 4 members (excludes halogenated alkanes) is 23.